The van der Waals surface area contributed by atoms with E-state index in [1.54, 1.807) is 0 Å². The lowest BCUT2D eigenvalue weighted by Crippen LogP contribution is -2.35. The topological polar surface area (TPSA) is 69.8 Å². The zero-order valence-corrected chi connectivity index (χ0v) is 25.7. The summed E-state index contributed by atoms with van der Waals surface area (Å²) < 4.78 is 11.3. The second kappa shape index (κ2) is 12.6. The van der Waals surface area contributed by atoms with Crippen LogP contribution in [0, 0.1) is 5.92 Å². The molecule has 7 aromatic rings. The Bertz CT molecular complexity index is 2060. The highest BCUT2D eigenvalue weighted by atomic mass is 16.5. The van der Waals surface area contributed by atoms with Crippen LogP contribution in [0.3, 0.4) is 0 Å². The van der Waals surface area contributed by atoms with Crippen LogP contribution in [-0.4, -0.2) is 43.8 Å². The molecule has 228 valence electrons. The summed E-state index contributed by atoms with van der Waals surface area (Å²) in [4.78, 5) is 14.7. The third kappa shape index (κ3) is 5.54. The fourth-order valence-corrected chi connectivity index (χ4v) is 6.81. The van der Waals surface area contributed by atoms with Crippen LogP contribution in [0.1, 0.15) is 24.6 Å². The lowest BCUT2D eigenvalue weighted by molar-refractivity contribution is 0.175. The first kappa shape index (κ1) is 28.2. The van der Waals surface area contributed by atoms with Crippen molar-refractivity contribution in [1.82, 2.24) is 29.4 Å². The van der Waals surface area contributed by atoms with Crippen molar-refractivity contribution in [2.75, 3.05) is 19.7 Å². The number of aromatic nitrogens is 5. The van der Waals surface area contributed by atoms with Crippen molar-refractivity contribution >= 4 is 22.1 Å². The summed E-state index contributed by atoms with van der Waals surface area (Å²) in [6, 6.07) is 41.8. The molecule has 3 aromatic heterocycles. The molecule has 1 atom stereocenters. The van der Waals surface area contributed by atoms with E-state index < -0.39 is 0 Å². The number of fused-ring (bicyclic) bond motifs is 2. The Morgan fingerprint density at radius 1 is 0.674 bits per heavy atom. The van der Waals surface area contributed by atoms with Crippen molar-refractivity contribution in [3.63, 3.8) is 0 Å². The molecule has 7 nitrogen and oxygen atoms in total. The Kier molecular flexibility index (Phi) is 7.74. The van der Waals surface area contributed by atoms with Gasteiger partial charge in [-0.3, -0.25) is 4.98 Å². The Hall–Kier alpha value is -5.27. The maximum Gasteiger partial charge on any atom is 0.141 e. The molecule has 0 amide bonds. The third-order valence-corrected chi connectivity index (χ3v) is 9.12. The van der Waals surface area contributed by atoms with E-state index in [0.717, 1.165) is 82.2 Å². The molecule has 1 aliphatic heterocycles. The Morgan fingerprint density at radius 2 is 1.33 bits per heavy atom. The summed E-state index contributed by atoms with van der Waals surface area (Å²) in [6.45, 7) is 3.24. The number of nitrogens with one attached hydrogen (secondary N) is 1. The van der Waals surface area contributed by atoms with Gasteiger partial charge in [-0.25, -0.2) is 9.97 Å². The number of hydrogen-bond acceptors (Lipinski definition) is 5. The lowest BCUT2D eigenvalue weighted by atomic mass is 9.90. The van der Waals surface area contributed by atoms with Gasteiger partial charge in [-0.1, -0.05) is 60.7 Å². The van der Waals surface area contributed by atoms with Crippen LogP contribution < -0.4 is 10.1 Å². The van der Waals surface area contributed by atoms with Crippen LogP contribution in [0.2, 0.25) is 0 Å². The number of rotatable bonds is 9. The third-order valence-electron chi connectivity index (χ3n) is 9.12. The van der Waals surface area contributed by atoms with Gasteiger partial charge in [0.15, 0.2) is 0 Å². The number of pyridine rings is 1. The van der Waals surface area contributed by atoms with Gasteiger partial charge in [0, 0.05) is 17.3 Å². The molecule has 1 aliphatic rings. The molecule has 0 saturated carbocycles. The van der Waals surface area contributed by atoms with Crippen molar-refractivity contribution in [1.29, 1.82) is 0 Å². The van der Waals surface area contributed by atoms with Gasteiger partial charge < -0.3 is 19.2 Å². The van der Waals surface area contributed by atoms with E-state index in [1.807, 2.05) is 24.4 Å². The minimum Gasteiger partial charge on any atom is -0.491 e. The Labute approximate surface area is 268 Å². The van der Waals surface area contributed by atoms with Gasteiger partial charge in [0.1, 0.15) is 24.0 Å². The average Bonchev–Trinajstić information content (AvgIpc) is 3.69. The van der Waals surface area contributed by atoms with Crippen LogP contribution in [0.15, 0.2) is 128 Å². The van der Waals surface area contributed by atoms with Crippen LogP contribution in [0.4, 0.5) is 0 Å². The molecule has 1 fully saturated rings. The fraction of sp³-hybridized carbons (Fsp3) is 0.205. The number of ether oxygens (including phenoxy) is 1. The Balaban J connectivity index is 1.11. The molecule has 4 heterocycles. The molecule has 4 aromatic carbocycles. The van der Waals surface area contributed by atoms with Crippen molar-refractivity contribution in [2.45, 2.75) is 25.4 Å². The maximum atomic E-state index is 6.65. The summed E-state index contributed by atoms with van der Waals surface area (Å²) in [6.07, 6.45) is 4.03. The molecule has 0 bridgehead atoms. The minimum atomic E-state index is 0.131. The van der Waals surface area contributed by atoms with Crippen LogP contribution in [0.5, 0.6) is 5.75 Å². The van der Waals surface area contributed by atoms with E-state index in [9.17, 15) is 0 Å². The van der Waals surface area contributed by atoms with Crippen molar-refractivity contribution < 1.29 is 4.74 Å². The van der Waals surface area contributed by atoms with Crippen LogP contribution in [0.25, 0.3) is 44.8 Å². The predicted octanol–water partition coefficient (Wildman–Crippen LogP) is 7.78. The molecule has 0 spiro atoms. The largest absolute Gasteiger partial charge is 0.491 e. The summed E-state index contributed by atoms with van der Waals surface area (Å²) in [5.41, 5.74) is 7.39. The molecule has 1 saturated heterocycles. The van der Waals surface area contributed by atoms with Gasteiger partial charge in [-0.05, 0) is 92.5 Å². The van der Waals surface area contributed by atoms with Crippen LogP contribution >= 0.6 is 0 Å². The first-order chi connectivity index (χ1) is 22.8. The molecule has 8 rings (SSSR count). The highest BCUT2D eigenvalue weighted by Crippen LogP contribution is 2.36. The predicted molar refractivity (Wildman–Crippen MR) is 184 cm³/mol. The molecular formula is C39H36N6O. The zero-order chi connectivity index (χ0) is 30.7. The van der Waals surface area contributed by atoms with Gasteiger partial charge in [0.05, 0.1) is 40.3 Å². The summed E-state index contributed by atoms with van der Waals surface area (Å²) in [5, 5.41) is 3.55. The summed E-state index contributed by atoms with van der Waals surface area (Å²) in [5.74, 6) is 3.23. The van der Waals surface area contributed by atoms with Crippen LogP contribution in [-0.2, 0) is 6.54 Å². The quantitative estimate of drug-likeness (QED) is 0.182. The molecule has 0 aliphatic carbocycles. The van der Waals surface area contributed by atoms with Gasteiger partial charge >= 0.3 is 0 Å². The number of piperidine rings is 1. The summed E-state index contributed by atoms with van der Waals surface area (Å²) >= 11 is 0. The monoisotopic (exact) mass is 604 g/mol. The number of benzene rings is 4. The highest BCUT2D eigenvalue weighted by Gasteiger charge is 2.30. The van der Waals surface area contributed by atoms with Gasteiger partial charge in [-0.2, -0.15) is 0 Å². The molecule has 46 heavy (non-hydrogen) atoms. The molecule has 1 N–H and O–H groups in total. The Morgan fingerprint density at radius 3 is 2.09 bits per heavy atom. The molecule has 1 unspecified atom stereocenters. The van der Waals surface area contributed by atoms with Gasteiger partial charge in [0.25, 0.3) is 0 Å². The average molecular weight is 605 g/mol. The minimum absolute atomic E-state index is 0.131. The first-order valence-corrected chi connectivity index (χ1v) is 16.1. The second-order valence-electron chi connectivity index (χ2n) is 12.0. The second-order valence-corrected chi connectivity index (χ2v) is 12.0. The van der Waals surface area contributed by atoms with Gasteiger partial charge in [0.2, 0.25) is 0 Å². The van der Waals surface area contributed by atoms with E-state index in [1.165, 1.54) is 0 Å². The number of imidazole rings is 2. The standard InChI is InChI=1S/C39H36N6O/c1-2-10-29(11-3-1)39-43-34-14-5-7-16-36(34)45(39)37(28-21-24-40-25-22-28)27-46-32-19-17-30(18-20-32)38-42-33-13-4-6-15-35(33)44(38)26-31-12-8-9-23-41-31/h1-20,23,28,37,40H,21-22,24-27H2. The zero-order valence-electron chi connectivity index (χ0n) is 25.7. The van der Waals surface area contributed by atoms with Gasteiger partial charge in [-0.15, -0.1) is 0 Å². The van der Waals surface area contributed by atoms with E-state index in [-0.39, 0.29) is 6.04 Å². The molecule has 7 heteroatoms. The molecule has 0 radical (unpaired) electrons. The first-order valence-electron chi connectivity index (χ1n) is 16.1. The number of para-hydroxylation sites is 4. The molecular weight excluding hydrogens is 568 g/mol. The SMILES string of the molecule is c1ccc(-c2nc3ccccc3n2C(COc2ccc(-c3nc4ccccc4n3Cc3ccccn3)cc2)C2CCNCC2)cc1. The van der Waals surface area contributed by atoms with E-state index >= 15 is 0 Å². The smallest absolute Gasteiger partial charge is 0.141 e. The highest BCUT2D eigenvalue weighted by molar-refractivity contribution is 5.82. The summed E-state index contributed by atoms with van der Waals surface area (Å²) in [7, 11) is 0. The number of hydrogen-bond donors (Lipinski definition) is 1. The van der Waals surface area contributed by atoms with E-state index in [0.29, 0.717) is 19.1 Å². The van der Waals surface area contributed by atoms with Crippen molar-refractivity contribution in [3.05, 3.63) is 133 Å². The number of nitrogens with zero attached hydrogens (tertiary/aromatic N) is 5. The van der Waals surface area contributed by atoms with E-state index in [2.05, 4.69) is 123 Å². The fourth-order valence-electron chi connectivity index (χ4n) is 6.81. The van der Waals surface area contributed by atoms with Crippen molar-refractivity contribution in [2.24, 2.45) is 5.92 Å². The van der Waals surface area contributed by atoms with Crippen molar-refractivity contribution in [3.8, 4) is 28.5 Å². The lowest BCUT2D eigenvalue weighted by Gasteiger charge is -2.33. The normalized spacial score (nSPS) is 14.5. The maximum absolute atomic E-state index is 6.65. The van der Waals surface area contributed by atoms with E-state index in [4.69, 9.17) is 14.7 Å².